The SMILES string of the molecule is CC(C)(C)c1ccccc1N1C(=O)N(Cc2ccccc2)Cc2ccccc21. The number of para-hydroxylation sites is 2. The summed E-state index contributed by atoms with van der Waals surface area (Å²) in [5, 5.41) is 0. The smallest absolute Gasteiger partial charge is 0.315 e. The summed E-state index contributed by atoms with van der Waals surface area (Å²) in [7, 11) is 0. The van der Waals surface area contributed by atoms with Crippen LogP contribution in [-0.2, 0) is 18.5 Å². The Hall–Kier alpha value is -3.07. The van der Waals surface area contributed by atoms with Gasteiger partial charge < -0.3 is 4.90 Å². The van der Waals surface area contributed by atoms with Crippen molar-refractivity contribution in [1.82, 2.24) is 4.90 Å². The number of hydrogen-bond acceptors (Lipinski definition) is 1. The molecular formula is C25H26N2O. The van der Waals surface area contributed by atoms with E-state index in [1.54, 1.807) is 0 Å². The summed E-state index contributed by atoms with van der Waals surface area (Å²) < 4.78 is 0. The standard InChI is InChI=1S/C25H26N2O/c1-25(2,3)21-14-8-10-16-23(21)27-22-15-9-7-13-20(22)18-26(24(27)28)17-19-11-5-4-6-12-19/h4-16H,17-18H2,1-3H3. The molecule has 142 valence electrons. The molecule has 0 spiro atoms. The van der Waals surface area contributed by atoms with E-state index in [9.17, 15) is 4.79 Å². The van der Waals surface area contributed by atoms with E-state index in [2.05, 4.69) is 51.1 Å². The number of urea groups is 1. The van der Waals surface area contributed by atoms with Gasteiger partial charge in [0.15, 0.2) is 0 Å². The highest BCUT2D eigenvalue weighted by Crippen LogP contribution is 2.40. The third-order valence-electron chi connectivity index (χ3n) is 5.22. The average Bonchev–Trinajstić information content (AvgIpc) is 2.69. The maximum atomic E-state index is 13.6. The van der Waals surface area contributed by atoms with Crippen LogP contribution in [0.5, 0.6) is 0 Å². The number of rotatable bonds is 3. The molecule has 0 saturated heterocycles. The summed E-state index contributed by atoms with van der Waals surface area (Å²) >= 11 is 0. The van der Waals surface area contributed by atoms with Crippen LogP contribution in [0.1, 0.15) is 37.5 Å². The van der Waals surface area contributed by atoms with Gasteiger partial charge in [0.1, 0.15) is 0 Å². The second kappa shape index (κ2) is 7.16. The van der Waals surface area contributed by atoms with E-state index in [-0.39, 0.29) is 11.4 Å². The highest BCUT2D eigenvalue weighted by atomic mass is 16.2. The minimum absolute atomic E-state index is 0.0271. The molecule has 0 unspecified atom stereocenters. The van der Waals surface area contributed by atoms with Crippen LogP contribution in [-0.4, -0.2) is 10.9 Å². The lowest BCUT2D eigenvalue weighted by atomic mass is 9.85. The van der Waals surface area contributed by atoms with Crippen LogP contribution in [0.4, 0.5) is 16.2 Å². The zero-order valence-corrected chi connectivity index (χ0v) is 16.7. The predicted molar refractivity (Wildman–Crippen MR) is 115 cm³/mol. The Bertz CT molecular complexity index is 989. The largest absolute Gasteiger partial charge is 0.329 e. The van der Waals surface area contributed by atoms with Gasteiger partial charge in [0.05, 0.1) is 11.4 Å². The number of hydrogen-bond donors (Lipinski definition) is 0. The summed E-state index contributed by atoms with van der Waals surface area (Å²) in [6.07, 6.45) is 0. The Kier molecular flexibility index (Phi) is 4.68. The van der Waals surface area contributed by atoms with E-state index in [0.717, 1.165) is 16.9 Å². The van der Waals surface area contributed by atoms with Crippen molar-refractivity contribution in [3.63, 3.8) is 0 Å². The van der Waals surface area contributed by atoms with Gasteiger partial charge in [-0.2, -0.15) is 0 Å². The first-order chi connectivity index (χ1) is 13.4. The van der Waals surface area contributed by atoms with Gasteiger partial charge in [0, 0.05) is 13.1 Å². The topological polar surface area (TPSA) is 23.6 Å². The van der Waals surface area contributed by atoms with Gasteiger partial charge in [0.2, 0.25) is 0 Å². The molecule has 0 saturated carbocycles. The van der Waals surface area contributed by atoms with Crippen molar-refractivity contribution >= 4 is 17.4 Å². The first-order valence-electron chi connectivity index (χ1n) is 9.75. The zero-order chi connectivity index (χ0) is 19.7. The normalized spacial score (nSPS) is 14.2. The van der Waals surface area contributed by atoms with Crippen LogP contribution in [0.15, 0.2) is 78.9 Å². The van der Waals surface area contributed by atoms with Crippen molar-refractivity contribution in [1.29, 1.82) is 0 Å². The monoisotopic (exact) mass is 370 g/mol. The van der Waals surface area contributed by atoms with Crippen molar-refractivity contribution in [2.75, 3.05) is 4.90 Å². The van der Waals surface area contributed by atoms with Gasteiger partial charge in [-0.15, -0.1) is 0 Å². The van der Waals surface area contributed by atoms with E-state index in [1.807, 2.05) is 58.3 Å². The van der Waals surface area contributed by atoms with Crippen molar-refractivity contribution in [2.24, 2.45) is 0 Å². The molecule has 1 aliphatic rings. The maximum Gasteiger partial charge on any atom is 0.329 e. The minimum atomic E-state index is -0.0620. The number of nitrogens with zero attached hydrogens (tertiary/aromatic N) is 2. The molecule has 3 heteroatoms. The summed E-state index contributed by atoms with van der Waals surface area (Å²) in [6, 6.07) is 26.7. The third-order valence-corrected chi connectivity index (χ3v) is 5.22. The van der Waals surface area contributed by atoms with Crippen LogP contribution in [0, 0.1) is 0 Å². The van der Waals surface area contributed by atoms with Gasteiger partial charge in [-0.3, -0.25) is 4.90 Å². The highest BCUT2D eigenvalue weighted by Gasteiger charge is 2.33. The molecule has 0 N–H and O–H groups in total. The summed E-state index contributed by atoms with van der Waals surface area (Å²) in [5.74, 6) is 0. The molecule has 0 aliphatic carbocycles. The molecule has 0 radical (unpaired) electrons. The molecule has 3 aromatic rings. The maximum absolute atomic E-state index is 13.6. The van der Waals surface area contributed by atoms with Crippen LogP contribution in [0.3, 0.4) is 0 Å². The molecule has 3 aromatic carbocycles. The molecule has 2 amide bonds. The molecule has 0 atom stereocenters. The second-order valence-electron chi connectivity index (χ2n) is 8.36. The van der Waals surface area contributed by atoms with Gasteiger partial charge in [0.25, 0.3) is 0 Å². The van der Waals surface area contributed by atoms with E-state index < -0.39 is 0 Å². The lowest BCUT2D eigenvalue weighted by molar-refractivity contribution is 0.198. The van der Waals surface area contributed by atoms with Crippen molar-refractivity contribution in [3.05, 3.63) is 95.6 Å². The predicted octanol–water partition coefficient (Wildman–Crippen LogP) is 6.26. The molecule has 0 fully saturated rings. The number of fused-ring (bicyclic) bond motifs is 1. The fourth-order valence-electron chi connectivity index (χ4n) is 3.84. The minimum Gasteiger partial charge on any atom is -0.315 e. The third kappa shape index (κ3) is 3.40. The van der Waals surface area contributed by atoms with Gasteiger partial charge in [-0.1, -0.05) is 87.5 Å². The fraction of sp³-hybridized carbons (Fsp3) is 0.240. The number of anilines is 2. The molecule has 4 rings (SSSR count). The Morgan fingerprint density at radius 3 is 2.11 bits per heavy atom. The summed E-state index contributed by atoms with van der Waals surface area (Å²) in [6.45, 7) is 7.79. The van der Waals surface area contributed by atoms with Crippen molar-refractivity contribution < 1.29 is 4.79 Å². The van der Waals surface area contributed by atoms with Crippen LogP contribution in [0.2, 0.25) is 0 Å². The van der Waals surface area contributed by atoms with Crippen molar-refractivity contribution in [3.8, 4) is 0 Å². The van der Waals surface area contributed by atoms with Gasteiger partial charge in [-0.05, 0) is 34.2 Å². The van der Waals surface area contributed by atoms with E-state index in [0.29, 0.717) is 13.1 Å². The van der Waals surface area contributed by atoms with E-state index in [1.165, 1.54) is 11.1 Å². The Morgan fingerprint density at radius 1 is 0.786 bits per heavy atom. The van der Waals surface area contributed by atoms with Crippen LogP contribution in [0.25, 0.3) is 0 Å². The number of amides is 2. The zero-order valence-electron chi connectivity index (χ0n) is 16.7. The fourth-order valence-corrected chi connectivity index (χ4v) is 3.84. The van der Waals surface area contributed by atoms with E-state index in [4.69, 9.17) is 0 Å². The molecular weight excluding hydrogens is 344 g/mol. The molecule has 1 heterocycles. The molecule has 0 bridgehead atoms. The summed E-state index contributed by atoms with van der Waals surface area (Å²) in [4.78, 5) is 17.4. The van der Waals surface area contributed by atoms with Gasteiger partial charge in [-0.25, -0.2) is 4.79 Å². The molecule has 28 heavy (non-hydrogen) atoms. The molecule has 3 nitrogen and oxygen atoms in total. The number of carbonyl (C=O) groups is 1. The first-order valence-corrected chi connectivity index (χ1v) is 9.75. The number of carbonyl (C=O) groups excluding carboxylic acids is 1. The Labute approximate surface area is 167 Å². The highest BCUT2D eigenvalue weighted by molar-refractivity contribution is 6.02. The van der Waals surface area contributed by atoms with Crippen molar-refractivity contribution in [2.45, 2.75) is 39.3 Å². The first kappa shape index (κ1) is 18.3. The molecule has 0 aromatic heterocycles. The lowest BCUT2D eigenvalue weighted by Gasteiger charge is -2.39. The van der Waals surface area contributed by atoms with Gasteiger partial charge >= 0.3 is 6.03 Å². The Balaban J connectivity index is 1.81. The quantitative estimate of drug-likeness (QED) is 0.534. The number of benzene rings is 3. The second-order valence-corrected chi connectivity index (χ2v) is 8.36. The van der Waals surface area contributed by atoms with E-state index >= 15 is 0 Å². The average molecular weight is 370 g/mol. The van der Waals surface area contributed by atoms with Crippen LogP contribution >= 0.6 is 0 Å². The summed E-state index contributed by atoms with van der Waals surface area (Å²) in [5.41, 5.74) is 5.35. The molecule has 1 aliphatic heterocycles. The Morgan fingerprint density at radius 2 is 1.39 bits per heavy atom. The van der Waals surface area contributed by atoms with Crippen LogP contribution < -0.4 is 4.90 Å². The lowest BCUT2D eigenvalue weighted by Crippen LogP contribution is -2.44.